The summed E-state index contributed by atoms with van der Waals surface area (Å²) in [6.07, 6.45) is 1.09. The van der Waals surface area contributed by atoms with E-state index >= 15 is 0 Å². The fourth-order valence-electron chi connectivity index (χ4n) is 0.289. The number of aliphatic hydroxyl groups is 1. The molecule has 0 spiro atoms. The average Bonchev–Trinajstić information content (AvgIpc) is 2.00. The minimum absolute atomic E-state index is 0.282. The Hall–Kier alpha value is -0.900. The van der Waals surface area contributed by atoms with Gasteiger partial charge in [0.15, 0.2) is 6.26 Å². The van der Waals surface area contributed by atoms with E-state index in [1.54, 1.807) is 13.8 Å². The summed E-state index contributed by atoms with van der Waals surface area (Å²) >= 11 is 0. The zero-order chi connectivity index (χ0) is 8.91. The number of aliphatic hydroxyl groups excluding tert-OH is 1. The second-order valence-electron chi connectivity index (χ2n) is 2.38. The Morgan fingerprint density at radius 3 is 2.27 bits per heavy atom. The lowest BCUT2D eigenvalue weighted by Gasteiger charge is -2.21. The third-order valence-electron chi connectivity index (χ3n) is 1.14. The van der Waals surface area contributed by atoms with Crippen LogP contribution in [0.25, 0.3) is 0 Å². The maximum atomic E-state index is 8.78. The molecule has 0 rings (SSSR count). The first-order valence-electron chi connectivity index (χ1n) is 3.18. The van der Waals surface area contributed by atoms with Crippen LogP contribution in [0.1, 0.15) is 13.8 Å². The highest BCUT2D eigenvalue weighted by Crippen LogP contribution is 2.10. The molecule has 0 amide bonds. The van der Waals surface area contributed by atoms with Crippen molar-refractivity contribution in [2.75, 3.05) is 14.2 Å². The van der Waals surface area contributed by atoms with E-state index in [0.29, 0.717) is 0 Å². The van der Waals surface area contributed by atoms with Crippen molar-refractivity contribution in [3.8, 4) is 0 Å². The number of methoxy groups -OCH3 is 2. The van der Waals surface area contributed by atoms with Gasteiger partial charge in [-0.3, -0.25) is 0 Å². The fourth-order valence-corrected chi connectivity index (χ4v) is 0.289. The Balaban J connectivity index is 3.86. The molecule has 11 heavy (non-hydrogen) atoms. The molecule has 0 radical (unpaired) electrons. The van der Waals surface area contributed by atoms with E-state index in [1.807, 2.05) is 0 Å². The van der Waals surface area contributed by atoms with Gasteiger partial charge in [0, 0.05) is 21.0 Å². The van der Waals surface area contributed by atoms with Gasteiger partial charge in [-0.15, -0.1) is 0 Å². The van der Waals surface area contributed by atoms with Gasteiger partial charge in [-0.05, 0) is 0 Å². The lowest BCUT2D eigenvalue weighted by Crippen LogP contribution is -2.24. The second kappa shape index (κ2) is 4.08. The molecule has 0 fully saturated rings. The van der Waals surface area contributed by atoms with Crippen LogP contribution in [0.5, 0.6) is 0 Å². The van der Waals surface area contributed by atoms with Crippen LogP contribution in [0.15, 0.2) is 12.2 Å². The van der Waals surface area contributed by atoms with Gasteiger partial charge in [0.25, 0.3) is 0 Å². The standard InChI is InChI=1S/C7H14O4/c1-7(2,10-4)11-5-6(8)9-3/h5,8H,1-4H3. The first-order valence-corrected chi connectivity index (χ1v) is 3.18. The molecule has 0 aliphatic rings. The molecule has 0 aromatic carbocycles. The lowest BCUT2D eigenvalue weighted by molar-refractivity contribution is -0.165. The Morgan fingerprint density at radius 1 is 1.36 bits per heavy atom. The molecular weight excluding hydrogens is 148 g/mol. The average molecular weight is 162 g/mol. The van der Waals surface area contributed by atoms with Gasteiger partial charge >= 0.3 is 5.95 Å². The van der Waals surface area contributed by atoms with Gasteiger partial charge in [0.1, 0.15) is 0 Å². The van der Waals surface area contributed by atoms with Gasteiger partial charge in [0.05, 0.1) is 7.11 Å². The Kier molecular flexibility index (Phi) is 3.74. The molecule has 0 bridgehead atoms. The third kappa shape index (κ3) is 4.50. The summed E-state index contributed by atoms with van der Waals surface area (Å²) < 4.78 is 14.3. The van der Waals surface area contributed by atoms with Gasteiger partial charge in [-0.25, -0.2) is 0 Å². The largest absolute Gasteiger partial charge is 0.479 e. The van der Waals surface area contributed by atoms with Crippen LogP contribution >= 0.6 is 0 Å². The Bertz CT molecular complexity index is 139. The van der Waals surface area contributed by atoms with Crippen molar-refractivity contribution < 1.29 is 19.3 Å². The van der Waals surface area contributed by atoms with Crippen molar-refractivity contribution in [1.82, 2.24) is 0 Å². The molecule has 0 unspecified atom stereocenters. The summed E-state index contributed by atoms with van der Waals surface area (Å²) in [5.74, 6) is -1.03. The zero-order valence-corrected chi connectivity index (χ0v) is 7.25. The fraction of sp³-hybridized carbons (Fsp3) is 0.714. The van der Waals surface area contributed by atoms with E-state index in [0.717, 1.165) is 6.26 Å². The van der Waals surface area contributed by atoms with E-state index in [9.17, 15) is 0 Å². The van der Waals surface area contributed by atoms with Crippen LogP contribution in [0.2, 0.25) is 0 Å². The second-order valence-corrected chi connectivity index (χ2v) is 2.38. The zero-order valence-electron chi connectivity index (χ0n) is 7.25. The number of rotatable bonds is 4. The predicted octanol–water partition coefficient (Wildman–Crippen LogP) is 1.39. The minimum atomic E-state index is -0.744. The minimum Gasteiger partial charge on any atom is -0.479 e. The maximum Gasteiger partial charge on any atom is 0.312 e. The Morgan fingerprint density at radius 2 is 1.91 bits per heavy atom. The van der Waals surface area contributed by atoms with Crippen LogP contribution in [-0.4, -0.2) is 25.1 Å². The lowest BCUT2D eigenvalue weighted by atomic mass is 10.4. The van der Waals surface area contributed by atoms with E-state index in [-0.39, 0.29) is 5.95 Å². The quantitative estimate of drug-likeness (QED) is 0.501. The van der Waals surface area contributed by atoms with Crippen molar-refractivity contribution in [1.29, 1.82) is 0 Å². The molecule has 0 aliphatic heterocycles. The van der Waals surface area contributed by atoms with Crippen LogP contribution in [0, 0.1) is 0 Å². The molecule has 4 nitrogen and oxygen atoms in total. The summed E-state index contributed by atoms with van der Waals surface area (Å²) in [5.41, 5.74) is 0. The molecule has 0 aromatic rings. The molecular formula is C7H14O4. The van der Waals surface area contributed by atoms with Crippen LogP contribution < -0.4 is 0 Å². The molecule has 4 heteroatoms. The SMILES string of the molecule is COC(O)=COC(C)(C)OC. The number of hydrogen-bond acceptors (Lipinski definition) is 4. The van der Waals surface area contributed by atoms with Crippen molar-refractivity contribution in [2.45, 2.75) is 19.6 Å². The van der Waals surface area contributed by atoms with Crippen molar-refractivity contribution in [3.63, 3.8) is 0 Å². The van der Waals surface area contributed by atoms with Gasteiger partial charge in [-0.2, -0.15) is 0 Å². The van der Waals surface area contributed by atoms with E-state index in [2.05, 4.69) is 4.74 Å². The third-order valence-corrected chi connectivity index (χ3v) is 1.14. The van der Waals surface area contributed by atoms with Gasteiger partial charge in [-0.1, -0.05) is 0 Å². The van der Waals surface area contributed by atoms with Crippen molar-refractivity contribution in [3.05, 3.63) is 12.2 Å². The number of ether oxygens (including phenoxy) is 3. The van der Waals surface area contributed by atoms with Crippen molar-refractivity contribution >= 4 is 0 Å². The smallest absolute Gasteiger partial charge is 0.312 e. The molecule has 1 N–H and O–H groups in total. The molecule has 0 atom stereocenters. The Labute approximate surface area is 66.4 Å². The summed E-state index contributed by atoms with van der Waals surface area (Å²) in [4.78, 5) is 0. The summed E-state index contributed by atoms with van der Waals surface area (Å²) in [5, 5.41) is 8.78. The van der Waals surface area contributed by atoms with Crippen LogP contribution in [0.3, 0.4) is 0 Å². The highest BCUT2D eigenvalue weighted by Gasteiger charge is 2.15. The van der Waals surface area contributed by atoms with Gasteiger partial charge in [0.2, 0.25) is 5.79 Å². The van der Waals surface area contributed by atoms with E-state index < -0.39 is 5.79 Å². The molecule has 0 saturated carbocycles. The first-order chi connectivity index (χ1) is 5.02. The molecule has 0 aromatic heterocycles. The van der Waals surface area contributed by atoms with E-state index in [4.69, 9.17) is 14.6 Å². The normalized spacial score (nSPS) is 12.9. The van der Waals surface area contributed by atoms with Gasteiger partial charge < -0.3 is 19.3 Å². The van der Waals surface area contributed by atoms with Crippen LogP contribution in [0.4, 0.5) is 0 Å². The molecule has 66 valence electrons. The highest BCUT2D eigenvalue weighted by molar-refractivity contribution is 4.73. The number of hydrogen-bond donors (Lipinski definition) is 1. The van der Waals surface area contributed by atoms with Crippen molar-refractivity contribution in [2.24, 2.45) is 0 Å². The summed E-state index contributed by atoms with van der Waals surface area (Å²) in [6.45, 7) is 3.43. The topological polar surface area (TPSA) is 47.9 Å². The summed E-state index contributed by atoms with van der Waals surface area (Å²) in [7, 11) is 2.85. The molecule has 0 saturated heterocycles. The van der Waals surface area contributed by atoms with Crippen LogP contribution in [-0.2, 0) is 14.2 Å². The first kappa shape index (κ1) is 10.1. The monoisotopic (exact) mass is 162 g/mol. The maximum absolute atomic E-state index is 8.78. The molecule has 0 aliphatic carbocycles. The predicted molar refractivity (Wildman–Crippen MR) is 39.9 cm³/mol. The summed E-state index contributed by atoms with van der Waals surface area (Å²) in [6, 6.07) is 0. The highest BCUT2D eigenvalue weighted by atomic mass is 16.7. The van der Waals surface area contributed by atoms with E-state index in [1.165, 1.54) is 14.2 Å². The molecule has 0 heterocycles.